The highest BCUT2D eigenvalue weighted by molar-refractivity contribution is 7.18. The minimum atomic E-state index is -1.20. The highest BCUT2D eigenvalue weighted by Gasteiger charge is 2.22. The molecule has 1 aliphatic rings. The van der Waals surface area contributed by atoms with Crippen molar-refractivity contribution in [3.63, 3.8) is 0 Å². The number of thiophene rings is 1. The number of aromatic amines is 1. The molecule has 0 saturated carbocycles. The lowest BCUT2D eigenvalue weighted by molar-refractivity contribution is 0.0683. The molecule has 0 unspecified atom stereocenters. The van der Waals surface area contributed by atoms with Crippen LogP contribution < -0.4 is 11.3 Å². The Kier molecular flexibility index (Phi) is 5.62. The summed E-state index contributed by atoms with van der Waals surface area (Å²) in [7, 11) is 0. The van der Waals surface area contributed by atoms with Gasteiger partial charge in [-0.05, 0) is 42.5 Å². The first-order valence-corrected chi connectivity index (χ1v) is 9.39. The predicted molar refractivity (Wildman–Crippen MR) is 104 cm³/mol. The van der Waals surface area contributed by atoms with Gasteiger partial charge in [-0.2, -0.15) is 0 Å². The van der Waals surface area contributed by atoms with Gasteiger partial charge in [0.25, 0.3) is 5.56 Å². The predicted octanol–water partition coefficient (Wildman–Crippen LogP) is 3.62. The Morgan fingerprint density at radius 3 is 2.77 bits per heavy atom. The Morgan fingerprint density at radius 2 is 2.12 bits per heavy atom. The first-order chi connectivity index (χ1) is 12.4. The molecular formula is C17H15Cl2N3O3S. The summed E-state index contributed by atoms with van der Waals surface area (Å²) in [6, 6.07) is 5.28. The molecule has 136 valence electrons. The molecule has 1 aliphatic carbocycles. The van der Waals surface area contributed by atoms with Crippen molar-refractivity contribution in [3.8, 4) is 0 Å². The number of nitrogens with zero attached hydrogens (tertiary/aromatic N) is 1. The third-order valence-electron chi connectivity index (χ3n) is 4.01. The van der Waals surface area contributed by atoms with Crippen LogP contribution in [0.15, 0.2) is 23.0 Å². The molecule has 26 heavy (non-hydrogen) atoms. The molecule has 0 aliphatic heterocycles. The van der Waals surface area contributed by atoms with Crippen molar-refractivity contribution in [2.24, 2.45) is 5.73 Å². The van der Waals surface area contributed by atoms with E-state index in [-0.39, 0.29) is 11.4 Å². The number of rotatable bonds is 2. The number of carboxylic acid groups (broad SMARTS) is 1. The Morgan fingerprint density at radius 1 is 1.35 bits per heavy atom. The first kappa shape index (κ1) is 18.8. The molecule has 4 rings (SSSR count). The summed E-state index contributed by atoms with van der Waals surface area (Å²) in [5.41, 5.74) is 7.02. The molecule has 4 N–H and O–H groups in total. The molecule has 0 amide bonds. The molecule has 0 fully saturated rings. The van der Waals surface area contributed by atoms with E-state index in [9.17, 15) is 9.59 Å². The second kappa shape index (κ2) is 7.75. The fourth-order valence-corrected chi connectivity index (χ4v) is 4.54. The van der Waals surface area contributed by atoms with E-state index >= 15 is 0 Å². The number of fused-ring (bicyclic) bond motifs is 3. The van der Waals surface area contributed by atoms with Crippen LogP contribution in [0.4, 0.5) is 0 Å². The normalized spacial score (nSPS) is 12.6. The van der Waals surface area contributed by atoms with Crippen LogP contribution >= 0.6 is 34.5 Å². The number of aryl methyl sites for hydroxylation is 2. The van der Waals surface area contributed by atoms with Gasteiger partial charge in [-0.25, -0.2) is 9.78 Å². The molecule has 2 aromatic heterocycles. The van der Waals surface area contributed by atoms with Gasteiger partial charge >= 0.3 is 5.97 Å². The number of halogens is 2. The van der Waals surface area contributed by atoms with E-state index in [0.29, 0.717) is 26.8 Å². The van der Waals surface area contributed by atoms with Gasteiger partial charge < -0.3 is 15.8 Å². The molecule has 6 nitrogen and oxygen atoms in total. The second-order valence-electron chi connectivity index (χ2n) is 5.70. The van der Waals surface area contributed by atoms with E-state index in [1.54, 1.807) is 12.1 Å². The zero-order valence-corrected chi connectivity index (χ0v) is 15.8. The summed E-state index contributed by atoms with van der Waals surface area (Å²) in [5.74, 6) is -1.48. The fraction of sp³-hybridized carbons (Fsp3) is 0.235. The van der Waals surface area contributed by atoms with Gasteiger partial charge in [0.1, 0.15) is 4.83 Å². The number of aromatic carboxylic acids is 1. The van der Waals surface area contributed by atoms with Crippen LogP contribution in [-0.2, 0) is 19.4 Å². The molecule has 2 heterocycles. The summed E-state index contributed by atoms with van der Waals surface area (Å²) < 4.78 is 0. The smallest absolute Gasteiger partial charge is 0.372 e. The zero-order chi connectivity index (χ0) is 18.8. The van der Waals surface area contributed by atoms with E-state index in [4.69, 9.17) is 34.0 Å². The molecule has 3 aromatic rings. The van der Waals surface area contributed by atoms with Crippen molar-refractivity contribution < 1.29 is 9.90 Å². The van der Waals surface area contributed by atoms with Crippen molar-refractivity contribution in [2.45, 2.75) is 25.8 Å². The third-order valence-corrected chi connectivity index (χ3v) is 5.79. The van der Waals surface area contributed by atoms with Gasteiger partial charge in [-0.1, -0.05) is 29.3 Å². The largest absolute Gasteiger partial charge is 0.475 e. The highest BCUT2D eigenvalue weighted by Crippen LogP contribution is 2.34. The number of H-pyrrole nitrogens is 1. The molecular weight excluding hydrogens is 397 g/mol. The second-order valence-corrected chi connectivity index (χ2v) is 7.62. The Bertz CT molecular complexity index is 1050. The number of nitrogens with two attached hydrogens (primary N) is 1. The average Bonchev–Trinajstić information content (AvgIpc) is 3.15. The maximum absolute atomic E-state index is 11.8. The van der Waals surface area contributed by atoms with Crippen LogP contribution in [0.2, 0.25) is 10.0 Å². The molecule has 0 spiro atoms. The van der Waals surface area contributed by atoms with Crippen molar-refractivity contribution in [2.75, 3.05) is 0 Å². The summed E-state index contributed by atoms with van der Waals surface area (Å²) in [4.78, 5) is 30.5. The SMILES string of the molecule is NCc1ccc(Cl)cc1Cl.O=C(O)c1nc2sc3c(c2c(=O)[nH]1)CCC3. The highest BCUT2D eigenvalue weighted by atomic mass is 35.5. The number of nitrogens with one attached hydrogen (secondary N) is 1. The average molecular weight is 412 g/mol. The molecule has 0 saturated heterocycles. The third kappa shape index (κ3) is 3.76. The monoisotopic (exact) mass is 411 g/mol. The number of carbonyl (C=O) groups is 1. The Balaban J connectivity index is 0.000000170. The molecule has 1 aromatic carbocycles. The maximum atomic E-state index is 11.8. The number of benzene rings is 1. The molecule has 9 heteroatoms. The lowest BCUT2D eigenvalue weighted by Gasteiger charge is -1.98. The van der Waals surface area contributed by atoms with E-state index in [1.807, 2.05) is 6.07 Å². The molecule has 0 radical (unpaired) electrons. The van der Waals surface area contributed by atoms with Gasteiger partial charge in [0, 0.05) is 21.5 Å². The maximum Gasteiger partial charge on any atom is 0.372 e. The van der Waals surface area contributed by atoms with Crippen molar-refractivity contribution in [3.05, 3.63) is 60.4 Å². The van der Waals surface area contributed by atoms with E-state index in [2.05, 4.69) is 9.97 Å². The van der Waals surface area contributed by atoms with E-state index in [1.165, 1.54) is 16.2 Å². The summed E-state index contributed by atoms with van der Waals surface area (Å²) >= 11 is 12.9. The lowest BCUT2D eigenvalue weighted by Crippen LogP contribution is -2.15. The van der Waals surface area contributed by atoms with Crippen LogP contribution in [0.1, 0.15) is 33.0 Å². The minimum Gasteiger partial charge on any atom is -0.475 e. The van der Waals surface area contributed by atoms with Crippen molar-refractivity contribution >= 4 is 50.7 Å². The summed E-state index contributed by atoms with van der Waals surface area (Å²) in [6.07, 6.45) is 2.93. The van der Waals surface area contributed by atoms with Crippen molar-refractivity contribution in [1.82, 2.24) is 9.97 Å². The van der Waals surface area contributed by atoms with Crippen LogP contribution in [0.3, 0.4) is 0 Å². The van der Waals surface area contributed by atoms with Gasteiger partial charge in [-0.15, -0.1) is 11.3 Å². The number of hydrogen-bond acceptors (Lipinski definition) is 5. The van der Waals surface area contributed by atoms with Gasteiger partial charge in [0.05, 0.1) is 5.39 Å². The molecule has 0 bridgehead atoms. The molecule has 0 atom stereocenters. The summed E-state index contributed by atoms with van der Waals surface area (Å²) in [6.45, 7) is 0.454. The summed E-state index contributed by atoms with van der Waals surface area (Å²) in [5, 5.41) is 10.6. The quantitative estimate of drug-likeness (QED) is 0.596. The van der Waals surface area contributed by atoms with Crippen LogP contribution in [0.5, 0.6) is 0 Å². The Hall–Kier alpha value is -1.93. The van der Waals surface area contributed by atoms with Crippen LogP contribution in [0, 0.1) is 0 Å². The van der Waals surface area contributed by atoms with Gasteiger partial charge in [0.15, 0.2) is 0 Å². The number of aromatic nitrogens is 2. The fourth-order valence-electron chi connectivity index (χ4n) is 2.79. The Labute approximate surface area is 162 Å². The topological polar surface area (TPSA) is 109 Å². The lowest BCUT2D eigenvalue weighted by atomic mass is 10.2. The van der Waals surface area contributed by atoms with Gasteiger partial charge in [-0.3, -0.25) is 4.79 Å². The van der Waals surface area contributed by atoms with E-state index < -0.39 is 5.97 Å². The number of hydrogen-bond donors (Lipinski definition) is 3. The van der Waals surface area contributed by atoms with Gasteiger partial charge in [0.2, 0.25) is 5.82 Å². The van der Waals surface area contributed by atoms with Crippen LogP contribution in [0.25, 0.3) is 10.2 Å². The first-order valence-electron chi connectivity index (χ1n) is 7.82. The van der Waals surface area contributed by atoms with E-state index in [0.717, 1.165) is 30.4 Å². The van der Waals surface area contributed by atoms with Crippen molar-refractivity contribution in [1.29, 1.82) is 0 Å². The minimum absolute atomic E-state index is 0.280. The number of carboxylic acids is 1. The zero-order valence-electron chi connectivity index (χ0n) is 13.5. The standard InChI is InChI=1S/C10H8N2O3S.C7H7Cl2N/c13-8-6-4-2-1-3-5(4)16-9(6)12-7(11-8)10(14)15;8-6-2-1-5(4-10)7(9)3-6/h1-3H2,(H,14,15)(H,11,12,13);1-3H,4,10H2. The van der Waals surface area contributed by atoms with Crippen LogP contribution in [-0.4, -0.2) is 21.0 Å².